The molecule has 1 aliphatic heterocycles. The first-order valence-electron chi connectivity index (χ1n) is 21.7. The minimum absolute atomic E-state index is 0.307. The number of carbonyl (C=O) groups excluding carboxylic acids is 1. The van der Waals surface area contributed by atoms with Crippen LogP contribution in [0.2, 0.25) is 0 Å². The van der Waals surface area contributed by atoms with Gasteiger partial charge in [0.15, 0.2) is 6.29 Å². The van der Waals surface area contributed by atoms with Crippen LogP contribution in [-0.2, 0) is 14.3 Å². The fourth-order valence-corrected chi connectivity index (χ4v) is 6.74. The van der Waals surface area contributed by atoms with Gasteiger partial charge in [0.1, 0.15) is 30.5 Å². The molecule has 1 amide bonds. The highest BCUT2D eigenvalue weighted by Gasteiger charge is 2.44. The molecule has 0 spiro atoms. The lowest BCUT2D eigenvalue weighted by Crippen LogP contribution is -2.60. The van der Waals surface area contributed by atoms with Crippen LogP contribution in [0.25, 0.3) is 0 Å². The van der Waals surface area contributed by atoms with Crippen molar-refractivity contribution in [3.05, 3.63) is 24.3 Å². The van der Waals surface area contributed by atoms with Crippen molar-refractivity contribution >= 4 is 5.91 Å². The maximum atomic E-state index is 13.0. The number of rotatable bonds is 35. The van der Waals surface area contributed by atoms with Crippen molar-refractivity contribution in [3.63, 3.8) is 0 Å². The zero-order valence-electron chi connectivity index (χ0n) is 33.6. The summed E-state index contributed by atoms with van der Waals surface area (Å²) in [5.41, 5.74) is 0. The molecule has 0 aromatic carbocycles. The predicted molar refractivity (Wildman–Crippen MR) is 213 cm³/mol. The summed E-state index contributed by atoms with van der Waals surface area (Å²) < 4.78 is 11.1. The molecule has 1 heterocycles. The topological polar surface area (TPSA) is 169 Å². The summed E-state index contributed by atoms with van der Waals surface area (Å²) in [5, 5.41) is 64.5. The van der Waals surface area contributed by atoms with Gasteiger partial charge < -0.3 is 45.4 Å². The summed E-state index contributed by atoms with van der Waals surface area (Å²) in [6, 6.07) is -0.979. The fourth-order valence-electron chi connectivity index (χ4n) is 6.74. The first-order chi connectivity index (χ1) is 25.8. The number of aliphatic hydroxyl groups excluding tert-OH is 6. The van der Waals surface area contributed by atoms with Crippen LogP contribution in [0.4, 0.5) is 0 Å². The molecule has 1 rings (SSSR count). The van der Waals surface area contributed by atoms with Crippen LogP contribution in [-0.4, -0.2) is 98.7 Å². The van der Waals surface area contributed by atoms with E-state index in [1.165, 1.54) is 103 Å². The van der Waals surface area contributed by atoms with Crippen LogP contribution in [0.15, 0.2) is 24.3 Å². The largest absolute Gasteiger partial charge is 0.394 e. The Labute approximate surface area is 322 Å². The number of ether oxygens (including phenoxy) is 2. The van der Waals surface area contributed by atoms with E-state index in [0.29, 0.717) is 6.42 Å². The van der Waals surface area contributed by atoms with Gasteiger partial charge in [-0.05, 0) is 44.9 Å². The van der Waals surface area contributed by atoms with Gasteiger partial charge in [0, 0.05) is 0 Å². The summed E-state index contributed by atoms with van der Waals surface area (Å²) >= 11 is 0. The van der Waals surface area contributed by atoms with Crippen LogP contribution in [0.1, 0.15) is 181 Å². The number of unbranched alkanes of at least 4 members (excludes halogenated alkanes) is 22. The molecule has 1 saturated heterocycles. The highest BCUT2D eigenvalue weighted by atomic mass is 16.7. The van der Waals surface area contributed by atoms with Gasteiger partial charge in [-0.25, -0.2) is 0 Å². The lowest BCUT2D eigenvalue weighted by Gasteiger charge is -2.40. The Hall–Kier alpha value is -1.37. The molecule has 53 heavy (non-hydrogen) atoms. The maximum absolute atomic E-state index is 13.0. The Bertz CT molecular complexity index is 901. The molecule has 0 aromatic rings. The van der Waals surface area contributed by atoms with Crippen molar-refractivity contribution in [2.45, 2.75) is 230 Å². The van der Waals surface area contributed by atoms with Gasteiger partial charge in [0.2, 0.25) is 5.91 Å². The average molecular weight is 756 g/mol. The molecule has 0 aromatic heterocycles. The zero-order valence-corrected chi connectivity index (χ0v) is 33.6. The Balaban J connectivity index is 2.47. The third-order valence-electron chi connectivity index (χ3n) is 10.4. The second kappa shape index (κ2) is 33.9. The number of hydrogen-bond acceptors (Lipinski definition) is 9. The van der Waals surface area contributed by atoms with Gasteiger partial charge in [-0.15, -0.1) is 0 Å². The SMILES string of the molecule is CCCCCCCC/C=C\CCCCCCC/C=C/[C@@H](O)[C@@H](CO[C@@H]1O[C@H](CO)[C@@H](O)[C@H](O)[C@H]1O)NC(=O)[C@H](O)CCCCCCCCCCCCC. The van der Waals surface area contributed by atoms with Crippen molar-refractivity contribution in [2.24, 2.45) is 0 Å². The zero-order chi connectivity index (χ0) is 38.9. The number of aliphatic hydroxyl groups is 6. The van der Waals surface area contributed by atoms with Gasteiger partial charge in [-0.2, -0.15) is 0 Å². The highest BCUT2D eigenvalue weighted by Crippen LogP contribution is 2.22. The molecule has 10 heteroatoms. The molecule has 0 bridgehead atoms. The van der Waals surface area contributed by atoms with Crippen LogP contribution in [0.3, 0.4) is 0 Å². The minimum atomic E-state index is -1.61. The lowest BCUT2D eigenvalue weighted by atomic mass is 9.99. The van der Waals surface area contributed by atoms with E-state index in [1.807, 2.05) is 6.08 Å². The number of nitrogens with one attached hydrogen (secondary N) is 1. The maximum Gasteiger partial charge on any atom is 0.249 e. The standard InChI is InChI=1S/C43H81NO9/c1-3-5-7-9-11-13-15-16-17-18-19-20-22-23-25-27-29-31-36(46)35(34-52-43-41(50)40(49)39(48)38(33-45)53-43)44-42(51)37(47)32-30-28-26-24-21-14-12-10-8-6-4-2/h16-17,29,31,35-41,43,45-50H,3-15,18-28,30,32-34H2,1-2H3,(H,44,51)/b17-16-,31-29+/t35-,36-,37-,38-,39-,40+,41-,43-/m1/s1. The Kier molecular flexibility index (Phi) is 31.8. The Morgan fingerprint density at radius 2 is 1.09 bits per heavy atom. The van der Waals surface area contributed by atoms with Crippen molar-refractivity contribution in [2.75, 3.05) is 13.2 Å². The predicted octanol–water partition coefficient (Wildman–Crippen LogP) is 7.30. The van der Waals surface area contributed by atoms with E-state index in [-0.39, 0.29) is 6.61 Å². The Morgan fingerprint density at radius 1 is 0.642 bits per heavy atom. The van der Waals surface area contributed by atoms with Gasteiger partial charge in [-0.1, -0.05) is 160 Å². The second-order valence-corrected chi connectivity index (χ2v) is 15.3. The van der Waals surface area contributed by atoms with E-state index in [9.17, 15) is 35.4 Å². The molecule has 0 aliphatic carbocycles. The smallest absolute Gasteiger partial charge is 0.249 e. The fraction of sp³-hybridized carbons (Fsp3) is 0.884. The van der Waals surface area contributed by atoms with Crippen molar-refractivity contribution < 1.29 is 44.9 Å². The molecular weight excluding hydrogens is 674 g/mol. The first-order valence-corrected chi connectivity index (χ1v) is 21.7. The second-order valence-electron chi connectivity index (χ2n) is 15.3. The van der Waals surface area contributed by atoms with Crippen LogP contribution < -0.4 is 5.32 Å². The molecule has 1 fully saturated rings. The van der Waals surface area contributed by atoms with E-state index < -0.39 is 61.5 Å². The molecule has 8 atom stereocenters. The molecule has 312 valence electrons. The third kappa shape index (κ3) is 24.7. The van der Waals surface area contributed by atoms with E-state index >= 15 is 0 Å². The molecule has 1 aliphatic rings. The van der Waals surface area contributed by atoms with E-state index in [0.717, 1.165) is 57.8 Å². The van der Waals surface area contributed by atoms with E-state index in [1.54, 1.807) is 6.08 Å². The minimum Gasteiger partial charge on any atom is -0.394 e. The third-order valence-corrected chi connectivity index (χ3v) is 10.4. The quantitative estimate of drug-likeness (QED) is 0.0259. The monoisotopic (exact) mass is 756 g/mol. The van der Waals surface area contributed by atoms with Crippen molar-refractivity contribution in [1.29, 1.82) is 0 Å². The summed E-state index contributed by atoms with van der Waals surface area (Å²) in [7, 11) is 0. The van der Waals surface area contributed by atoms with Crippen LogP contribution >= 0.6 is 0 Å². The number of amides is 1. The number of carbonyl (C=O) groups is 1. The highest BCUT2D eigenvalue weighted by molar-refractivity contribution is 5.80. The average Bonchev–Trinajstić information content (AvgIpc) is 3.16. The lowest BCUT2D eigenvalue weighted by molar-refractivity contribution is -0.302. The van der Waals surface area contributed by atoms with Gasteiger partial charge in [0.25, 0.3) is 0 Å². The van der Waals surface area contributed by atoms with Crippen molar-refractivity contribution in [3.8, 4) is 0 Å². The summed E-state index contributed by atoms with van der Waals surface area (Å²) in [4.78, 5) is 13.0. The number of allylic oxidation sites excluding steroid dienone is 3. The molecular formula is C43H81NO9. The summed E-state index contributed by atoms with van der Waals surface area (Å²) in [6.45, 7) is 3.57. The van der Waals surface area contributed by atoms with E-state index in [4.69, 9.17) is 9.47 Å². The molecule has 7 N–H and O–H groups in total. The number of hydrogen-bond donors (Lipinski definition) is 7. The summed E-state index contributed by atoms with van der Waals surface area (Å²) in [5.74, 6) is -0.621. The van der Waals surface area contributed by atoms with Gasteiger partial charge in [0.05, 0.1) is 25.4 Å². The molecule has 0 saturated carbocycles. The first kappa shape index (κ1) is 49.6. The normalized spacial score (nSPS) is 22.5. The molecule has 0 radical (unpaired) electrons. The Morgan fingerprint density at radius 3 is 1.58 bits per heavy atom. The molecule has 0 unspecified atom stereocenters. The van der Waals surface area contributed by atoms with Crippen LogP contribution in [0.5, 0.6) is 0 Å². The van der Waals surface area contributed by atoms with E-state index in [2.05, 4.69) is 31.3 Å². The van der Waals surface area contributed by atoms with Crippen LogP contribution in [0, 0.1) is 0 Å². The van der Waals surface area contributed by atoms with Gasteiger partial charge >= 0.3 is 0 Å². The molecule has 10 nitrogen and oxygen atoms in total. The van der Waals surface area contributed by atoms with Crippen molar-refractivity contribution in [1.82, 2.24) is 5.32 Å². The summed E-state index contributed by atoms with van der Waals surface area (Å²) in [6.07, 6.45) is 28.3. The van der Waals surface area contributed by atoms with Gasteiger partial charge in [-0.3, -0.25) is 4.79 Å².